The van der Waals surface area contributed by atoms with Crippen LogP contribution in [-0.4, -0.2) is 14.7 Å². The lowest BCUT2D eigenvalue weighted by Crippen LogP contribution is -2.05. The number of aromatic amines is 1. The summed E-state index contributed by atoms with van der Waals surface area (Å²) in [7, 11) is 0. The van der Waals surface area contributed by atoms with Gasteiger partial charge < -0.3 is 0 Å². The summed E-state index contributed by atoms with van der Waals surface area (Å²) >= 11 is 0. The topological polar surface area (TPSA) is 80.9 Å². The second-order valence-corrected chi connectivity index (χ2v) is 3.57. The standard InChI is InChI=1S/C11H11N3O3/c1-2-8-7-11(15)12-13(8)9-3-5-10(6-4-9)14(16)17/h3-7H,2H2,1H3,(H,12,15). The summed E-state index contributed by atoms with van der Waals surface area (Å²) in [5.41, 5.74) is 1.39. The van der Waals surface area contributed by atoms with E-state index in [9.17, 15) is 14.9 Å². The monoisotopic (exact) mass is 233 g/mol. The molecule has 17 heavy (non-hydrogen) atoms. The molecule has 0 saturated heterocycles. The Bertz CT molecular complexity index is 595. The minimum Gasteiger partial charge on any atom is -0.268 e. The van der Waals surface area contributed by atoms with Crippen LogP contribution < -0.4 is 5.56 Å². The van der Waals surface area contributed by atoms with Crippen LogP contribution in [0.15, 0.2) is 35.1 Å². The molecule has 1 heterocycles. The zero-order chi connectivity index (χ0) is 12.4. The molecule has 0 bridgehead atoms. The first kappa shape index (κ1) is 11.1. The molecule has 0 amide bonds. The fourth-order valence-electron chi connectivity index (χ4n) is 1.64. The second-order valence-electron chi connectivity index (χ2n) is 3.57. The van der Waals surface area contributed by atoms with Crippen LogP contribution in [0.3, 0.4) is 0 Å². The minimum atomic E-state index is -0.455. The number of nitro groups is 1. The van der Waals surface area contributed by atoms with Crippen LogP contribution in [0.1, 0.15) is 12.6 Å². The highest BCUT2D eigenvalue weighted by Gasteiger charge is 2.07. The lowest BCUT2D eigenvalue weighted by atomic mass is 10.2. The minimum absolute atomic E-state index is 0.0290. The fourth-order valence-corrected chi connectivity index (χ4v) is 1.64. The Balaban J connectivity index is 2.46. The van der Waals surface area contributed by atoms with Crippen LogP contribution in [-0.2, 0) is 6.42 Å². The average Bonchev–Trinajstić information content (AvgIpc) is 2.70. The van der Waals surface area contributed by atoms with Crippen molar-refractivity contribution in [3.05, 3.63) is 56.5 Å². The molecule has 0 aliphatic carbocycles. The zero-order valence-electron chi connectivity index (χ0n) is 9.21. The highest BCUT2D eigenvalue weighted by atomic mass is 16.6. The molecule has 88 valence electrons. The SMILES string of the molecule is CCc1cc(=O)[nH]n1-c1ccc([N+](=O)[O-])cc1. The molecule has 1 aromatic carbocycles. The normalized spacial score (nSPS) is 10.4. The maximum Gasteiger partial charge on any atom is 0.269 e. The van der Waals surface area contributed by atoms with Crippen molar-refractivity contribution in [2.24, 2.45) is 0 Å². The number of benzene rings is 1. The second kappa shape index (κ2) is 4.25. The lowest BCUT2D eigenvalue weighted by molar-refractivity contribution is -0.384. The van der Waals surface area contributed by atoms with E-state index < -0.39 is 4.92 Å². The Kier molecular flexibility index (Phi) is 2.78. The zero-order valence-corrected chi connectivity index (χ0v) is 9.21. The van der Waals surface area contributed by atoms with Gasteiger partial charge in [0, 0.05) is 23.9 Å². The quantitative estimate of drug-likeness (QED) is 0.646. The summed E-state index contributed by atoms with van der Waals surface area (Å²) < 4.78 is 1.63. The average molecular weight is 233 g/mol. The maximum absolute atomic E-state index is 11.2. The van der Waals surface area contributed by atoms with Crippen LogP contribution in [0.5, 0.6) is 0 Å². The highest BCUT2D eigenvalue weighted by Crippen LogP contribution is 2.15. The molecular formula is C11H11N3O3. The van der Waals surface area contributed by atoms with Crippen LogP contribution in [0.4, 0.5) is 5.69 Å². The van der Waals surface area contributed by atoms with Crippen molar-refractivity contribution in [2.45, 2.75) is 13.3 Å². The number of nitro benzene ring substituents is 1. The van der Waals surface area contributed by atoms with E-state index >= 15 is 0 Å². The molecule has 0 atom stereocenters. The van der Waals surface area contributed by atoms with Crippen LogP contribution >= 0.6 is 0 Å². The van der Waals surface area contributed by atoms with Gasteiger partial charge in [0.25, 0.3) is 11.2 Å². The number of non-ortho nitro benzene ring substituents is 1. The maximum atomic E-state index is 11.2. The van der Waals surface area contributed by atoms with Gasteiger partial charge >= 0.3 is 0 Å². The van der Waals surface area contributed by atoms with E-state index in [4.69, 9.17) is 0 Å². The molecule has 6 nitrogen and oxygen atoms in total. The molecule has 0 aliphatic rings. The van der Waals surface area contributed by atoms with Gasteiger partial charge in [0.15, 0.2) is 0 Å². The van der Waals surface area contributed by atoms with Crippen molar-refractivity contribution in [1.82, 2.24) is 9.78 Å². The van der Waals surface area contributed by atoms with Crippen molar-refractivity contribution in [2.75, 3.05) is 0 Å². The summed E-state index contributed by atoms with van der Waals surface area (Å²) in [5.74, 6) is 0. The number of hydrogen-bond acceptors (Lipinski definition) is 3. The summed E-state index contributed by atoms with van der Waals surface area (Å²) in [6.45, 7) is 1.94. The first-order valence-electron chi connectivity index (χ1n) is 5.17. The lowest BCUT2D eigenvalue weighted by Gasteiger charge is -2.05. The Labute approximate surface area is 96.6 Å². The largest absolute Gasteiger partial charge is 0.269 e. The number of rotatable bonds is 3. The van der Waals surface area contributed by atoms with Gasteiger partial charge in [0.05, 0.1) is 10.6 Å². The number of nitrogens with zero attached hydrogens (tertiary/aromatic N) is 2. The highest BCUT2D eigenvalue weighted by molar-refractivity contribution is 5.41. The molecule has 0 fully saturated rings. The van der Waals surface area contributed by atoms with Gasteiger partial charge in [-0.15, -0.1) is 0 Å². The first-order valence-corrected chi connectivity index (χ1v) is 5.17. The molecule has 6 heteroatoms. The van der Waals surface area contributed by atoms with Crippen LogP contribution in [0.25, 0.3) is 5.69 Å². The number of aryl methyl sites for hydroxylation is 1. The van der Waals surface area contributed by atoms with Crippen LogP contribution in [0.2, 0.25) is 0 Å². The van der Waals surface area contributed by atoms with E-state index in [2.05, 4.69) is 5.10 Å². The first-order chi connectivity index (χ1) is 8.11. The molecule has 0 spiro atoms. The van der Waals surface area contributed by atoms with E-state index in [1.807, 2.05) is 6.92 Å². The van der Waals surface area contributed by atoms with Crippen molar-refractivity contribution in [3.8, 4) is 5.69 Å². The van der Waals surface area contributed by atoms with E-state index in [0.717, 1.165) is 5.69 Å². The predicted octanol–water partition coefficient (Wildman–Crippen LogP) is 1.64. The van der Waals surface area contributed by atoms with Crippen molar-refractivity contribution >= 4 is 5.69 Å². The number of H-pyrrole nitrogens is 1. The van der Waals surface area contributed by atoms with E-state index in [1.165, 1.54) is 18.2 Å². The van der Waals surface area contributed by atoms with Crippen molar-refractivity contribution < 1.29 is 4.92 Å². The predicted molar refractivity (Wildman–Crippen MR) is 62.4 cm³/mol. The van der Waals surface area contributed by atoms with Gasteiger partial charge in [0.2, 0.25) is 0 Å². The molecule has 2 aromatic rings. The molecule has 0 unspecified atom stereocenters. The van der Waals surface area contributed by atoms with E-state index in [1.54, 1.807) is 16.8 Å². The molecule has 0 aliphatic heterocycles. The van der Waals surface area contributed by atoms with Gasteiger partial charge in [-0.1, -0.05) is 6.92 Å². The molecule has 1 N–H and O–H groups in total. The number of nitrogens with one attached hydrogen (secondary N) is 1. The summed E-state index contributed by atoms with van der Waals surface area (Å²) in [5, 5.41) is 13.2. The third-order valence-corrected chi connectivity index (χ3v) is 2.49. The van der Waals surface area contributed by atoms with Gasteiger partial charge in [0.1, 0.15) is 0 Å². The molecule has 1 aromatic heterocycles. The molecule has 0 radical (unpaired) electrons. The Hall–Kier alpha value is -2.37. The smallest absolute Gasteiger partial charge is 0.268 e. The van der Waals surface area contributed by atoms with Gasteiger partial charge in [-0.05, 0) is 18.6 Å². The van der Waals surface area contributed by atoms with Gasteiger partial charge in [-0.2, -0.15) is 0 Å². The Morgan fingerprint density at radius 3 is 2.53 bits per heavy atom. The van der Waals surface area contributed by atoms with E-state index in [0.29, 0.717) is 12.1 Å². The fraction of sp³-hybridized carbons (Fsp3) is 0.182. The summed E-state index contributed by atoms with van der Waals surface area (Å²) in [4.78, 5) is 21.3. The number of hydrogen-bond donors (Lipinski definition) is 1. The van der Waals surface area contributed by atoms with E-state index in [-0.39, 0.29) is 11.2 Å². The van der Waals surface area contributed by atoms with Crippen molar-refractivity contribution in [1.29, 1.82) is 0 Å². The molecule has 2 rings (SSSR count). The van der Waals surface area contributed by atoms with Crippen molar-refractivity contribution in [3.63, 3.8) is 0 Å². The Morgan fingerprint density at radius 2 is 2.00 bits per heavy atom. The number of aromatic nitrogens is 2. The third-order valence-electron chi connectivity index (χ3n) is 2.49. The molecular weight excluding hydrogens is 222 g/mol. The van der Waals surface area contributed by atoms with Gasteiger partial charge in [-0.3, -0.25) is 24.7 Å². The molecule has 0 saturated carbocycles. The Morgan fingerprint density at radius 1 is 1.35 bits per heavy atom. The van der Waals surface area contributed by atoms with Gasteiger partial charge in [-0.25, -0.2) is 0 Å². The summed E-state index contributed by atoms with van der Waals surface area (Å²) in [6, 6.07) is 7.54. The van der Waals surface area contributed by atoms with Crippen LogP contribution in [0, 0.1) is 10.1 Å². The third kappa shape index (κ3) is 2.10. The summed E-state index contributed by atoms with van der Waals surface area (Å²) in [6.07, 6.45) is 0.704.